The molecule has 124 valence electrons. The van der Waals surface area contributed by atoms with Crippen molar-refractivity contribution in [1.29, 1.82) is 0 Å². The Morgan fingerprint density at radius 1 is 1.14 bits per heavy atom. The minimum Gasteiger partial charge on any atom is -0.497 e. The molecule has 6 heteroatoms. The molecule has 4 N–H and O–H groups in total. The molecule has 6 nitrogen and oxygen atoms in total. The molecule has 0 spiro atoms. The molecule has 1 aliphatic rings. The van der Waals surface area contributed by atoms with E-state index in [0.717, 1.165) is 38.5 Å². The minimum absolute atomic E-state index is 0.252. The first kappa shape index (κ1) is 17.0. The summed E-state index contributed by atoms with van der Waals surface area (Å²) in [6.45, 7) is 6.26. The molecule has 0 aliphatic carbocycles. The summed E-state index contributed by atoms with van der Waals surface area (Å²) in [4.78, 5) is 2.86. The average molecular weight is 312 g/mol. The largest absolute Gasteiger partial charge is 0.497 e. The van der Waals surface area contributed by atoms with Crippen molar-refractivity contribution < 1.29 is 29.5 Å². The van der Waals surface area contributed by atoms with Gasteiger partial charge in [-0.05, 0) is 12.1 Å². The Balaban J connectivity index is 1.68. The van der Waals surface area contributed by atoms with E-state index in [0.29, 0.717) is 18.9 Å². The van der Waals surface area contributed by atoms with Gasteiger partial charge in [-0.1, -0.05) is 6.07 Å². The number of quaternary nitrogens is 2. The molecule has 22 heavy (non-hydrogen) atoms. The van der Waals surface area contributed by atoms with Crippen molar-refractivity contribution in [3.05, 3.63) is 24.3 Å². The van der Waals surface area contributed by atoms with E-state index < -0.39 is 6.10 Å². The minimum atomic E-state index is -0.472. The van der Waals surface area contributed by atoms with Gasteiger partial charge in [0.1, 0.15) is 63.5 Å². The molecule has 0 radical (unpaired) electrons. The van der Waals surface area contributed by atoms with Crippen LogP contribution in [0.3, 0.4) is 0 Å². The quantitative estimate of drug-likeness (QED) is 0.419. The highest BCUT2D eigenvalue weighted by Crippen LogP contribution is 2.18. The van der Waals surface area contributed by atoms with E-state index in [2.05, 4.69) is 0 Å². The topological polar surface area (TPSA) is 67.8 Å². The average Bonchev–Trinajstić information content (AvgIpc) is 2.55. The van der Waals surface area contributed by atoms with Crippen LogP contribution >= 0.6 is 0 Å². The zero-order valence-corrected chi connectivity index (χ0v) is 13.3. The Bertz CT molecular complexity index is 436. The molecular formula is C16H28N2O4+2. The lowest BCUT2D eigenvalue weighted by Crippen LogP contribution is -3.28. The predicted molar refractivity (Wildman–Crippen MR) is 82.7 cm³/mol. The van der Waals surface area contributed by atoms with Crippen molar-refractivity contribution in [2.45, 2.75) is 6.10 Å². The first-order valence-corrected chi connectivity index (χ1v) is 7.94. The van der Waals surface area contributed by atoms with Gasteiger partial charge in [0.05, 0.1) is 13.7 Å². The fourth-order valence-corrected chi connectivity index (χ4v) is 2.84. The molecular weight excluding hydrogens is 284 g/mol. The molecule has 0 unspecified atom stereocenters. The summed E-state index contributed by atoms with van der Waals surface area (Å²) in [6.07, 6.45) is -0.472. The first-order valence-electron chi connectivity index (χ1n) is 7.94. The second kappa shape index (κ2) is 8.95. The van der Waals surface area contributed by atoms with Gasteiger partial charge in [0.25, 0.3) is 0 Å². The van der Waals surface area contributed by atoms with Crippen LogP contribution in [0.4, 0.5) is 0 Å². The fourth-order valence-electron chi connectivity index (χ4n) is 2.84. The molecule has 2 rings (SSSR count). The van der Waals surface area contributed by atoms with E-state index in [1.807, 2.05) is 24.3 Å². The van der Waals surface area contributed by atoms with Gasteiger partial charge in [-0.3, -0.25) is 0 Å². The van der Waals surface area contributed by atoms with Crippen molar-refractivity contribution in [3.63, 3.8) is 0 Å². The molecule has 1 aromatic carbocycles. The third kappa shape index (κ3) is 5.46. The van der Waals surface area contributed by atoms with Crippen LogP contribution < -0.4 is 19.3 Å². The highest BCUT2D eigenvalue weighted by atomic mass is 16.5. The third-order valence-electron chi connectivity index (χ3n) is 4.14. The Labute approximate surface area is 131 Å². The van der Waals surface area contributed by atoms with Gasteiger partial charge in [-0.25, -0.2) is 0 Å². The molecule has 1 saturated heterocycles. The molecule has 0 amide bonds. The summed E-state index contributed by atoms with van der Waals surface area (Å²) in [6, 6.07) is 7.41. The van der Waals surface area contributed by atoms with Gasteiger partial charge < -0.3 is 29.5 Å². The Morgan fingerprint density at radius 3 is 2.50 bits per heavy atom. The first-order chi connectivity index (χ1) is 10.7. The number of rotatable bonds is 8. The fraction of sp³-hybridized carbons (Fsp3) is 0.625. The van der Waals surface area contributed by atoms with Crippen molar-refractivity contribution in [2.75, 3.05) is 59.6 Å². The van der Waals surface area contributed by atoms with Crippen LogP contribution in [0.1, 0.15) is 0 Å². The standard InChI is InChI=1S/C16H26N2O4/c1-21-15-3-2-4-16(11-15)22-13-14(20)12-18-7-5-17(6-8-18)9-10-19/h2-4,11,14,19-20H,5-10,12-13H2,1H3/p+2/t14-/m1/s1. The van der Waals surface area contributed by atoms with Crippen molar-refractivity contribution in [2.24, 2.45) is 0 Å². The van der Waals surface area contributed by atoms with E-state index in [9.17, 15) is 5.11 Å². The zero-order chi connectivity index (χ0) is 15.8. The van der Waals surface area contributed by atoms with Gasteiger partial charge in [0.15, 0.2) is 0 Å². The van der Waals surface area contributed by atoms with Crippen LogP contribution in [0.25, 0.3) is 0 Å². The SMILES string of the molecule is COc1cccc(OC[C@H](O)C[NH+]2CC[NH+](CCO)CC2)c1. The lowest BCUT2D eigenvalue weighted by atomic mass is 10.2. The van der Waals surface area contributed by atoms with Crippen LogP contribution in [0.5, 0.6) is 11.5 Å². The summed E-state index contributed by atoms with van der Waals surface area (Å²) in [5, 5.41) is 19.1. The predicted octanol–water partition coefficient (Wildman–Crippen LogP) is -2.79. The number of hydrogen-bond donors (Lipinski definition) is 4. The Kier molecular flexibility index (Phi) is 6.92. The lowest BCUT2D eigenvalue weighted by Gasteiger charge is -2.30. The van der Waals surface area contributed by atoms with Gasteiger partial charge in [0.2, 0.25) is 0 Å². The number of piperazine rings is 1. The zero-order valence-electron chi connectivity index (χ0n) is 13.3. The highest BCUT2D eigenvalue weighted by Gasteiger charge is 2.24. The van der Waals surface area contributed by atoms with E-state index in [1.54, 1.807) is 7.11 Å². The van der Waals surface area contributed by atoms with Crippen molar-refractivity contribution in [3.8, 4) is 11.5 Å². The van der Waals surface area contributed by atoms with E-state index in [1.165, 1.54) is 9.80 Å². The van der Waals surface area contributed by atoms with Crippen molar-refractivity contribution >= 4 is 0 Å². The van der Waals surface area contributed by atoms with Gasteiger partial charge in [-0.15, -0.1) is 0 Å². The number of benzene rings is 1. The monoisotopic (exact) mass is 312 g/mol. The molecule has 0 bridgehead atoms. The highest BCUT2D eigenvalue weighted by molar-refractivity contribution is 5.32. The Hall–Kier alpha value is -1.34. The number of methoxy groups -OCH3 is 1. The summed E-state index contributed by atoms with van der Waals surface area (Å²) < 4.78 is 10.8. The second-order valence-electron chi connectivity index (χ2n) is 5.82. The lowest BCUT2D eigenvalue weighted by molar-refractivity contribution is -1.01. The van der Waals surface area contributed by atoms with Gasteiger partial charge in [-0.2, -0.15) is 0 Å². The van der Waals surface area contributed by atoms with E-state index in [4.69, 9.17) is 14.6 Å². The van der Waals surface area contributed by atoms with Crippen LogP contribution in [-0.2, 0) is 0 Å². The molecule has 1 aliphatic heterocycles. The van der Waals surface area contributed by atoms with E-state index >= 15 is 0 Å². The molecule has 0 aromatic heterocycles. The van der Waals surface area contributed by atoms with Crippen LogP contribution in [-0.4, -0.2) is 75.9 Å². The third-order valence-corrected chi connectivity index (χ3v) is 4.14. The molecule has 1 fully saturated rings. The number of ether oxygens (including phenoxy) is 2. The summed E-state index contributed by atoms with van der Waals surface area (Å²) in [7, 11) is 1.62. The molecule has 1 heterocycles. The Morgan fingerprint density at radius 2 is 1.82 bits per heavy atom. The summed E-state index contributed by atoms with van der Waals surface area (Å²) in [5.41, 5.74) is 0. The normalized spacial score (nSPS) is 23.0. The molecule has 1 aromatic rings. The number of hydrogen-bond acceptors (Lipinski definition) is 4. The maximum absolute atomic E-state index is 10.1. The number of aliphatic hydroxyl groups excluding tert-OH is 2. The number of aliphatic hydroxyl groups is 2. The summed E-state index contributed by atoms with van der Waals surface area (Å²) >= 11 is 0. The van der Waals surface area contributed by atoms with E-state index in [-0.39, 0.29) is 6.61 Å². The van der Waals surface area contributed by atoms with Crippen molar-refractivity contribution in [1.82, 2.24) is 0 Å². The van der Waals surface area contributed by atoms with Crippen LogP contribution in [0.2, 0.25) is 0 Å². The smallest absolute Gasteiger partial charge is 0.137 e. The van der Waals surface area contributed by atoms with Crippen LogP contribution in [0, 0.1) is 0 Å². The number of nitrogens with one attached hydrogen (secondary N) is 2. The summed E-state index contributed by atoms with van der Waals surface area (Å²) in [5.74, 6) is 1.46. The molecule has 1 atom stereocenters. The van der Waals surface area contributed by atoms with Crippen LogP contribution in [0.15, 0.2) is 24.3 Å². The second-order valence-corrected chi connectivity index (χ2v) is 5.82. The molecule has 0 saturated carbocycles. The maximum atomic E-state index is 10.1. The van der Waals surface area contributed by atoms with Gasteiger partial charge in [0, 0.05) is 6.07 Å². The maximum Gasteiger partial charge on any atom is 0.137 e. The van der Waals surface area contributed by atoms with Gasteiger partial charge >= 0.3 is 0 Å².